The summed E-state index contributed by atoms with van der Waals surface area (Å²) in [5.74, 6) is -9.33. The highest BCUT2D eigenvalue weighted by Gasteiger charge is 2.63. The smallest absolute Gasteiger partial charge is 0.463 e. The van der Waals surface area contributed by atoms with E-state index in [2.05, 4.69) is 6.92 Å². The number of hydrogen-bond acceptors (Lipinski definition) is 3. The lowest BCUT2D eigenvalue weighted by atomic mass is 10.0. The highest BCUT2D eigenvalue weighted by atomic mass is 19.4. The Hall–Kier alpha value is -1.41. The second-order valence-corrected chi connectivity index (χ2v) is 7.72. The largest absolute Gasteiger partial charge is 0.464 e. The van der Waals surface area contributed by atoms with Gasteiger partial charge in [0.05, 0.1) is 6.61 Å². The van der Waals surface area contributed by atoms with Crippen molar-refractivity contribution in [3.8, 4) is 0 Å². The standard InChI is InChI=1S/C20H34F5NO3/c1-4-5-6-7-8-9-10-11-12-13-29-17(27)16(14-15(2)3)26-18(28)19(21,22)20(23,24)25/h15-16H,4-14H2,1-3H3,(H,26,28). The molecule has 0 aliphatic rings. The summed E-state index contributed by atoms with van der Waals surface area (Å²) in [6.45, 7) is 5.48. The maximum Gasteiger partial charge on any atom is 0.463 e. The van der Waals surface area contributed by atoms with Crippen LogP contribution in [0, 0.1) is 5.92 Å². The monoisotopic (exact) mass is 431 g/mol. The average Bonchev–Trinajstić information content (AvgIpc) is 2.61. The number of amides is 1. The van der Waals surface area contributed by atoms with Crippen LogP contribution in [0.3, 0.4) is 0 Å². The number of rotatable bonds is 15. The minimum Gasteiger partial charge on any atom is -0.464 e. The van der Waals surface area contributed by atoms with Crippen LogP contribution in [-0.4, -0.2) is 36.6 Å². The Morgan fingerprint density at radius 3 is 1.79 bits per heavy atom. The number of unbranched alkanes of at least 4 members (excludes halogenated alkanes) is 8. The zero-order valence-electron chi connectivity index (χ0n) is 17.5. The summed E-state index contributed by atoms with van der Waals surface area (Å²) in [6.07, 6.45) is 3.33. The molecule has 4 nitrogen and oxygen atoms in total. The number of nitrogens with one attached hydrogen (secondary N) is 1. The zero-order chi connectivity index (χ0) is 22.5. The molecule has 0 rings (SSSR count). The van der Waals surface area contributed by atoms with Gasteiger partial charge in [-0.1, -0.05) is 72.1 Å². The molecule has 1 unspecified atom stereocenters. The van der Waals surface area contributed by atoms with Crippen molar-refractivity contribution in [2.45, 2.75) is 103 Å². The third kappa shape index (κ3) is 11.4. The number of esters is 1. The van der Waals surface area contributed by atoms with E-state index >= 15 is 0 Å². The molecule has 0 saturated heterocycles. The summed E-state index contributed by atoms with van der Waals surface area (Å²) in [6, 6.07) is -1.55. The quantitative estimate of drug-likeness (QED) is 0.203. The summed E-state index contributed by atoms with van der Waals surface area (Å²) >= 11 is 0. The van der Waals surface area contributed by atoms with Gasteiger partial charge in [-0.25, -0.2) is 4.79 Å². The third-order valence-corrected chi connectivity index (χ3v) is 4.43. The van der Waals surface area contributed by atoms with Crippen molar-refractivity contribution in [1.29, 1.82) is 0 Å². The summed E-state index contributed by atoms with van der Waals surface area (Å²) in [5, 5.41) is 1.50. The Bertz CT molecular complexity index is 481. The fourth-order valence-electron chi connectivity index (χ4n) is 2.75. The summed E-state index contributed by atoms with van der Waals surface area (Å²) in [4.78, 5) is 23.4. The van der Waals surface area contributed by atoms with Crippen LogP contribution in [0.4, 0.5) is 22.0 Å². The van der Waals surface area contributed by atoms with Gasteiger partial charge < -0.3 is 10.1 Å². The van der Waals surface area contributed by atoms with Crippen molar-refractivity contribution < 1.29 is 36.3 Å². The molecule has 0 aromatic heterocycles. The van der Waals surface area contributed by atoms with E-state index in [1.165, 1.54) is 31.0 Å². The normalized spacial score (nSPS) is 13.4. The summed E-state index contributed by atoms with van der Waals surface area (Å²) in [7, 11) is 0. The predicted octanol–water partition coefficient (Wildman–Crippen LogP) is 5.79. The van der Waals surface area contributed by atoms with E-state index in [0.29, 0.717) is 6.42 Å². The molecule has 0 aliphatic carbocycles. The maximum absolute atomic E-state index is 13.1. The Morgan fingerprint density at radius 1 is 0.862 bits per heavy atom. The molecule has 0 heterocycles. The molecule has 1 amide bonds. The number of alkyl halides is 5. The zero-order valence-corrected chi connectivity index (χ0v) is 17.5. The number of ether oxygens (including phenoxy) is 1. The van der Waals surface area contributed by atoms with Crippen LogP contribution < -0.4 is 5.32 Å². The molecule has 29 heavy (non-hydrogen) atoms. The van der Waals surface area contributed by atoms with Gasteiger partial charge >= 0.3 is 24.0 Å². The van der Waals surface area contributed by atoms with Gasteiger partial charge in [0.1, 0.15) is 6.04 Å². The Morgan fingerprint density at radius 2 is 1.34 bits per heavy atom. The number of halogens is 5. The average molecular weight is 431 g/mol. The third-order valence-electron chi connectivity index (χ3n) is 4.43. The first-order valence-electron chi connectivity index (χ1n) is 10.4. The van der Waals surface area contributed by atoms with Gasteiger partial charge in [-0.05, 0) is 18.8 Å². The lowest BCUT2D eigenvalue weighted by Crippen LogP contribution is -2.55. The fraction of sp³-hybridized carbons (Fsp3) is 0.900. The van der Waals surface area contributed by atoms with Gasteiger partial charge in [-0.3, -0.25) is 4.79 Å². The van der Waals surface area contributed by atoms with Gasteiger partial charge in [-0.2, -0.15) is 22.0 Å². The van der Waals surface area contributed by atoms with Crippen molar-refractivity contribution >= 4 is 11.9 Å². The van der Waals surface area contributed by atoms with Gasteiger partial charge in [0.25, 0.3) is 0 Å². The fourth-order valence-corrected chi connectivity index (χ4v) is 2.75. The predicted molar refractivity (Wildman–Crippen MR) is 101 cm³/mol. The number of hydrogen-bond donors (Lipinski definition) is 1. The van der Waals surface area contributed by atoms with Gasteiger partial charge in [0, 0.05) is 0 Å². The van der Waals surface area contributed by atoms with Crippen molar-refractivity contribution in [1.82, 2.24) is 5.32 Å². The first-order chi connectivity index (χ1) is 13.4. The highest BCUT2D eigenvalue weighted by Crippen LogP contribution is 2.35. The van der Waals surface area contributed by atoms with Crippen molar-refractivity contribution in [3.05, 3.63) is 0 Å². The van der Waals surface area contributed by atoms with Gasteiger partial charge in [0.15, 0.2) is 0 Å². The Balaban J connectivity index is 4.34. The van der Waals surface area contributed by atoms with Crippen molar-refractivity contribution in [2.75, 3.05) is 6.61 Å². The van der Waals surface area contributed by atoms with Crippen LogP contribution in [-0.2, 0) is 14.3 Å². The minimum absolute atomic E-state index is 0.0365. The lowest BCUT2D eigenvalue weighted by molar-refractivity contribution is -0.270. The summed E-state index contributed by atoms with van der Waals surface area (Å²) in [5.41, 5.74) is 0. The van der Waals surface area contributed by atoms with Crippen LogP contribution in [0.5, 0.6) is 0 Å². The van der Waals surface area contributed by atoms with E-state index in [1.807, 2.05) is 0 Å². The molecule has 0 fully saturated rings. The van der Waals surface area contributed by atoms with Crippen LogP contribution in [0.15, 0.2) is 0 Å². The molecular formula is C20H34F5NO3. The van der Waals surface area contributed by atoms with E-state index in [1.54, 1.807) is 13.8 Å². The van der Waals surface area contributed by atoms with Crippen molar-refractivity contribution in [2.24, 2.45) is 5.92 Å². The van der Waals surface area contributed by atoms with E-state index < -0.39 is 30.0 Å². The molecule has 0 saturated carbocycles. The molecule has 9 heteroatoms. The minimum atomic E-state index is -6.03. The van der Waals surface area contributed by atoms with E-state index in [9.17, 15) is 31.5 Å². The molecular weight excluding hydrogens is 397 g/mol. The van der Waals surface area contributed by atoms with E-state index in [4.69, 9.17) is 4.74 Å². The van der Waals surface area contributed by atoms with Crippen LogP contribution in [0.25, 0.3) is 0 Å². The molecule has 0 aliphatic heterocycles. The van der Waals surface area contributed by atoms with Crippen LogP contribution >= 0.6 is 0 Å². The highest BCUT2D eigenvalue weighted by molar-refractivity contribution is 5.89. The second kappa shape index (κ2) is 13.7. The Labute approximate surface area is 169 Å². The molecule has 0 radical (unpaired) electrons. The van der Waals surface area contributed by atoms with Crippen LogP contribution in [0.1, 0.15) is 85.0 Å². The number of carbonyl (C=O) groups is 2. The van der Waals surface area contributed by atoms with Gasteiger partial charge in [-0.15, -0.1) is 0 Å². The first-order valence-corrected chi connectivity index (χ1v) is 10.4. The molecule has 172 valence electrons. The van der Waals surface area contributed by atoms with E-state index in [-0.39, 0.29) is 18.9 Å². The topological polar surface area (TPSA) is 55.4 Å². The first kappa shape index (κ1) is 27.6. The molecule has 1 atom stereocenters. The molecule has 0 spiro atoms. The number of carbonyl (C=O) groups excluding carboxylic acids is 2. The maximum atomic E-state index is 13.1. The van der Waals surface area contributed by atoms with Gasteiger partial charge in [0.2, 0.25) is 0 Å². The SMILES string of the molecule is CCCCCCCCCCCOC(=O)C(CC(C)C)NC(=O)C(F)(F)C(F)(F)F. The molecule has 1 N–H and O–H groups in total. The van der Waals surface area contributed by atoms with Crippen LogP contribution in [0.2, 0.25) is 0 Å². The molecule has 0 aromatic carbocycles. The molecule has 0 aromatic rings. The van der Waals surface area contributed by atoms with Crippen molar-refractivity contribution in [3.63, 3.8) is 0 Å². The lowest BCUT2D eigenvalue weighted by Gasteiger charge is -2.23. The molecule has 0 bridgehead atoms. The Kier molecular flexibility index (Phi) is 13.1. The van der Waals surface area contributed by atoms with E-state index in [0.717, 1.165) is 25.7 Å². The summed E-state index contributed by atoms with van der Waals surface area (Å²) < 4.78 is 68.1. The second-order valence-electron chi connectivity index (χ2n) is 7.72.